The molecule has 1 fully saturated rings. The molecule has 0 bridgehead atoms. The van der Waals surface area contributed by atoms with Gasteiger partial charge in [-0.2, -0.15) is 0 Å². The molecule has 0 radical (unpaired) electrons. The Morgan fingerprint density at radius 2 is 1.76 bits per heavy atom. The molecule has 1 aromatic heterocycles. The number of para-hydroxylation sites is 1. The summed E-state index contributed by atoms with van der Waals surface area (Å²) in [6, 6.07) is 8.59. The molecule has 0 amide bonds. The van der Waals surface area contributed by atoms with Crippen LogP contribution in [0, 0.1) is 0 Å². The number of benzene rings is 1. The number of ether oxygens (including phenoxy) is 1. The third-order valence-electron chi connectivity index (χ3n) is 4.47. The average molecular weight is 305 g/mol. The van der Waals surface area contributed by atoms with E-state index in [1.54, 1.807) is 0 Å². The number of nitrogens with zero attached hydrogens (tertiary/aromatic N) is 2. The highest BCUT2D eigenvalue weighted by Gasteiger charge is 2.23. The molecule has 1 saturated heterocycles. The van der Waals surface area contributed by atoms with Gasteiger partial charge in [0, 0.05) is 24.2 Å². The SMILES string of the molecule is Cl.c1ccc2c(N3CCOCC3)c3c(nc2c1)CCCC3. The Labute approximate surface area is 131 Å². The maximum absolute atomic E-state index is 5.52. The van der Waals surface area contributed by atoms with Crippen LogP contribution in [0.3, 0.4) is 0 Å². The summed E-state index contributed by atoms with van der Waals surface area (Å²) in [5, 5.41) is 1.31. The molecule has 0 saturated carbocycles. The molecule has 2 aromatic rings. The fraction of sp³-hybridized carbons (Fsp3) is 0.471. The van der Waals surface area contributed by atoms with E-state index in [1.807, 2.05) is 0 Å². The quantitative estimate of drug-likeness (QED) is 0.807. The lowest BCUT2D eigenvalue weighted by atomic mass is 9.92. The summed E-state index contributed by atoms with van der Waals surface area (Å²) >= 11 is 0. The third kappa shape index (κ3) is 2.60. The molecule has 0 unspecified atom stereocenters. The predicted molar refractivity (Wildman–Crippen MR) is 88.7 cm³/mol. The first-order valence-electron chi connectivity index (χ1n) is 7.67. The van der Waals surface area contributed by atoms with E-state index in [0.29, 0.717) is 0 Å². The van der Waals surface area contributed by atoms with Gasteiger partial charge in [-0.1, -0.05) is 18.2 Å². The first kappa shape index (κ1) is 14.6. The zero-order valence-electron chi connectivity index (χ0n) is 12.2. The molecule has 21 heavy (non-hydrogen) atoms. The van der Waals surface area contributed by atoms with E-state index in [9.17, 15) is 0 Å². The summed E-state index contributed by atoms with van der Waals surface area (Å²) in [4.78, 5) is 7.42. The molecule has 0 spiro atoms. The predicted octanol–water partition coefficient (Wildman–Crippen LogP) is 3.37. The van der Waals surface area contributed by atoms with Gasteiger partial charge in [-0.25, -0.2) is 0 Å². The van der Waals surface area contributed by atoms with Gasteiger partial charge in [-0.3, -0.25) is 4.98 Å². The van der Waals surface area contributed by atoms with Crippen LogP contribution >= 0.6 is 12.4 Å². The molecule has 2 aliphatic rings. The second-order valence-corrected chi connectivity index (χ2v) is 5.71. The van der Waals surface area contributed by atoms with Gasteiger partial charge >= 0.3 is 0 Å². The van der Waals surface area contributed by atoms with Gasteiger partial charge in [0.1, 0.15) is 0 Å². The zero-order chi connectivity index (χ0) is 13.4. The van der Waals surface area contributed by atoms with Gasteiger partial charge in [0.2, 0.25) is 0 Å². The van der Waals surface area contributed by atoms with Gasteiger partial charge in [0.05, 0.1) is 24.4 Å². The molecule has 1 aliphatic carbocycles. The van der Waals surface area contributed by atoms with E-state index >= 15 is 0 Å². The van der Waals surface area contributed by atoms with E-state index < -0.39 is 0 Å². The van der Waals surface area contributed by atoms with Crippen LogP contribution in [0.25, 0.3) is 10.9 Å². The van der Waals surface area contributed by atoms with Gasteiger partial charge in [-0.15, -0.1) is 12.4 Å². The number of anilines is 1. The molecule has 0 atom stereocenters. The third-order valence-corrected chi connectivity index (χ3v) is 4.47. The Balaban J connectivity index is 0.00000132. The number of aromatic nitrogens is 1. The molecule has 2 heterocycles. The molecule has 1 aliphatic heterocycles. The molecular formula is C17H21ClN2O. The lowest BCUT2D eigenvalue weighted by molar-refractivity contribution is 0.122. The summed E-state index contributed by atoms with van der Waals surface area (Å²) in [7, 11) is 0. The second-order valence-electron chi connectivity index (χ2n) is 5.71. The summed E-state index contributed by atoms with van der Waals surface area (Å²) < 4.78 is 5.52. The van der Waals surface area contributed by atoms with Crippen LogP contribution in [0.15, 0.2) is 24.3 Å². The van der Waals surface area contributed by atoms with Crippen LogP contribution in [0.5, 0.6) is 0 Å². The number of hydrogen-bond acceptors (Lipinski definition) is 3. The van der Waals surface area contributed by atoms with Crippen LogP contribution in [0.4, 0.5) is 5.69 Å². The van der Waals surface area contributed by atoms with Crippen molar-refractivity contribution in [3.05, 3.63) is 35.5 Å². The van der Waals surface area contributed by atoms with Crippen molar-refractivity contribution in [1.29, 1.82) is 0 Å². The summed E-state index contributed by atoms with van der Waals surface area (Å²) in [6.45, 7) is 3.68. The molecule has 3 nitrogen and oxygen atoms in total. The standard InChI is InChI=1S/C17H20N2O.ClH/c1-3-7-15-13(5-1)17(19-9-11-20-12-10-19)14-6-2-4-8-16(14)18-15;/h1,3,5,7H,2,4,6,8-12H2;1H. The minimum atomic E-state index is 0. The Morgan fingerprint density at radius 1 is 1.00 bits per heavy atom. The van der Waals surface area contributed by atoms with Crippen LogP contribution < -0.4 is 4.90 Å². The Morgan fingerprint density at radius 3 is 2.62 bits per heavy atom. The van der Waals surface area contributed by atoms with Crippen LogP contribution in [-0.2, 0) is 17.6 Å². The maximum atomic E-state index is 5.52. The van der Waals surface area contributed by atoms with Crippen molar-refractivity contribution in [2.75, 3.05) is 31.2 Å². The summed E-state index contributed by atoms with van der Waals surface area (Å²) in [5.41, 5.74) is 5.41. The number of morpholine rings is 1. The number of aryl methyl sites for hydroxylation is 1. The molecule has 4 rings (SSSR count). The minimum Gasteiger partial charge on any atom is -0.378 e. The van der Waals surface area contributed by atoms with E-state index in [1.165, 1.54) is 41.6 Å². The molecular weight excluding hydrogens is 284 g/mol. The van der Waals surface area contributed by atoms with E-state index in [0.717, 1.165) is 38.2 Å². The molecule has 1 aromatic carbocycles. The minimum absolute atomic E-state index is 0. The van der Waals surface area contributed by atoms with Crippen molar-refractivity contribution >= 4 is 29.0 Å². The van der Waals surface area contributed by atoms with Crippen molar-refractivity contribution < 1.29 is 4.74 Å². The fourth-order valence-electron chi connectivity index (χ4n) is 3.50. The van der Waals surface area contributed by atoms with Gasteiger partial charge < -0.3 is 9.64 Å². The lowest BCUT2D eigenvalue weighted by Gasteiger charge is -2.33. The number of hydrogen-bond donors (Lipinski definition) is 0. The largest absolute Gasteiger partial charge is 0.378 e. The number of fused-ring (bicyclic) bond motifs is 2. The number of rotatable bonds is 1. The average Bonchev–Trinajstić information content (AvgIpc) is 2.53. The van der Waals surface area contributed by atoms with Crippen LogP contribution in [-0.4, -0.2) is 31.3 Å². The van der Waals surface area contributed by atoms with Gasteiger partial charge in [0.15, 0.2) is 0 Å². The van der Waals surface area contributed by atoms with Crippen molar-refractivity contribution in [1.82, 2.24) is 4.98 Å². The highest BCUT2D eigenvalue weighted by Crippen LogP contribution is 2.36. The highest BCUT2D eigenvalue weighted by atomic mass is 35.5. The topological polar surface area (TPSA) is 25.4 Å². The fourth-order valence-corrected chi connectivity index (χ4v) is 3.50. The smallest absolute Gasteiger partial charge is 0.0726 e. The van der Waals surface area contributed by atoms with Gasteiger partial charge in [-0.05, 0) is 37.3 Å². The van der Waals surface area contributed by atoms with Crippen molar-refractivity contribution in [2.24, 2.45) is 0 Å². The van der Waals surface area contributed by atoms with E-state index in [2.05, 4.69) is 29.2 Å². The summed E-state index contributed by atoms with van der Waals surface area (Å²) in [6.07, 6.45) is 4.89. The molecule has 4 heteroatoms. The first-order valence-corrected chi connectivity index (χ1v) is 7.67. The molecule has 0 N–H and O–H groups in total. The van der Waals surface area contributed by atoms with Crippen molar-refractivity contribution in [3.63, 3.8) is 0 Å². The van der Waals surface area contributed by atoms with Crippen molar-refractivity contribution in [3.8, 4) is 0 Å². The van der Waals surface area contributed by atoms with Crippen molar-refractivity contribution in [2.45, 2.75) is 25.7 Å². The second kappa shape index (κ2) is 6.20. The highest BCUT2D eigenvalue weighted by molar-refractivity contribution is 5.94. The number of halogens is 1. The first-order chi connectivity index (χ1) is 9.93. The normalized spacial score (nSPS) is 18.2. The number of pyridine rings is 1. The van der Waals surface area contributed by atoms with Crippen LogP contribution in [0.2, 0.25) is 0 Å². The Bertz CT molecular complexity index is 638. The van der Waals surface area contributed by atoms with E-state index in [4.69, 9.17) is 9.72 Å². The monoisotopic (exact) mass is 304 g/mol. The lowest BCUT2D eigenvalue weighted by Crippen LogP contribution is -2.37. The van der Waals surface area contributed by atoms with Gasteiger partial charge in [0.25, 0.3) is 0 Å². The Kier molecular flexibility index (Phi) is 4.32. The maximum Gasteiger partial charge on any atom is 0.0726 e. The Hall–Kier alpha value is -1.32. The van der Waals surface area contributed by atoms with E-state index in [-0.39, 0.29) is 12.4 Å². The molecule has 112 valence electrons. The van der Waals surface area contributed by atoms with Crippen LogP contribution in [0.1, 0.15) is 24.1 Å². The summed E-state index contributed by atoms with van der Waals surface area (Å²) in [5.74, 6) is 0. The zero-order valence-corrected chi connectivity index (χ0v) is 13.0.